The van der Waals surface area contributed by atoms with Gasteiger partial charge >= 0.3 is 0 Å². The van der Waals surface area contributed by atoms with Crippen LogP contribution in [0.1, 0.15) is 66.7 Å². The first-order valence-corrected chi connectivity index (χ1v) is 8.05. The number of carbonyl (C=O) groups is 1. The first-order chi connectivity index (χ1) is 9.38. The van der Waals surface area contributed by atoms with Crippen LogP contribution in [0.3, 0.4) is 0 Å². The lowest BCUT2D eigenvalue weighted by Crippen LogP contribution is -2.59. The second-order valence-corrected chi connectivity index (χ2v) is 9.62. The van der Waals surface area contributed by atoms with E-state index in [0.717, 1.165) is 12.0 Å². The van der Waals surface area contributed by atoms with E-state index >= 15 is 0 Å². The summed E-state index contributed by atoms with van der Waals surface area (Å²) in [6.07, 6.45) is 2.60. The number of Topliss-reactive ketones (excluding diaryl/α,β-unsaturated/α-hetero) is 1. The minimum Gasteiger partial charge on any atom is -0.388 e. The third-order valence-corrected chi connectivity index (χ3v) is 5.71. The van der Waals surface area contributed by atoms with Gasteiger partial charge in [-0.15, -0.1) is 0 Å². The van der Waals surface area contributed by atoms with Crippen LogP contribution in [-0.4, -0.2) is 27.7 Å². The van der Waals surface area contributed by atoms with E-state index in [9.17, 15) is 15.0 Å². The van der Waals surface area contributed by atoms with Crippen molar-refractivity contribution in [1.82, 2.24) is 0 Å². The quantitative estimate of drug-likeness (QED) is 0.721. The van der Waals surface area contributed by atoms with Gasteiger partial charge in [0.05, 0.1) is 11.7 Å². The highest BCUT2D eigenvalue weighted by Crippen LogP contribution is 2.61. The lowest BCUT2D eigenvalue weighted by Gasteiger charge is -2.58. The highest BCUT2D eigenvalue weighted by molar-refractivity contribution is 6.00. The number of aliphatic hydroxyl groups is 2. The maximum Gasteiger partial charge on any atom is 0.162 e. The minimum atomic E-state index is -1.04. The molecule has 3 heteroatoms. The SMILES string of the molecule is CC1(C)CC(=O)C2=C(C1)[C@@H](O)[C@]1(C)CC(C)(C)C[C@@]2(O)C1. The third kappa shape index (κ3) is 2.20. The van der Waals surface area contributed by atoms with E-state index in [4.69, 9.17) is 0 Å². The van der Waals surface area contributed by atoms with Gasteiger partial charge in [-0.3, -0.25) is 4.79 Å². The predicted molar refractivity (Wildman–Crippen MR) is 81.7 cm³/mol. The van der Waals surface area contributed by atoms with Gasteiger partial charge in [-0.1, -0.05) is 34.6 Å². The molecule has 0 heterocycles. The molecule has 1 fully saturated rings. The molecule has 0 unspecified atom stereocenters. The predicted octanol–water partition coefficient (Wildman–Crippen LogP) is 2.99. The van der Waals surface area contributed by atoms with E-state index in [2.05, 4.69) is 34.6 Å². The standard InChI is InChI=1S/C18H28O3/c1-15(2)6-11-13(12(19)7-15)18(21)9-16(3,4)8-17(5,10-18)14(11)20/h14,20-21H,6-10H2,1-5H3/t14-,17-,18-/m1/s1. The Kier molecular flexibility index (Phi) is 2.90. The molecule has 3 atom stereocenters. The molecule has 2 N–H and O–H groups in total. The van der Waals surface area contributed by atoms with Crippen molar-refractivity contribution < 1.29 is 15.0 Å². The maximum atomic E-state index is 12.7. The first kappa shape index (κ1) is 15.2. The summed E-state index contributed by atoms with van der Waals surface area (Å²) in [4.78, 5) is 12.7. The fourth-order valence-corrected chi connectivity index (χ4v) is 5.69. The van der Waals surface area contributed by atoms with Crippen molar-refractivity contribution in [2.75, 3.05) is 0 Å². The molecule has 3 nitrogen and oxygen atoms in total. The molecule has 3 aliphatic rings. The van der Waals surface area contributed by atoms with Gasteiger partial charge in [-0.25, -0.2) is 0 Å². The maximum absolute atomic E-state index is 12.7. The fraction of sp³-hybridized carbons (Fsp3) is 0.833. The second-order valence-electron chi connectivity index (χ2n) is 9.62. The summed E-state index contributed by atoms with van der Waals surface area (Å²) in [5, 5.41) is 22.2. The molecule has 1 saturated carbocycles. The van der Waals surface area contributed by atoms with Crippen LogP contribution < -0.4 is 0 Å². The zero-order chi connectivity index (χ0) is 15.8. The highest BCUT2D eigenvalue weighted by atomic mass is 16.3. The lowest BCUT2D eigenvalue weighted by atomic mass is 9.48. The topological polar surface area (TPSA) is 57.5 Å². The van der Waals surface area contributed by atoms with Crippen molar-refractivity contribution in [2.24, 2.45) is 16.2 Å². The summed E-state index contributed by atoms with van der Waals surface area (Å²) >= 11 is 0. The Balaban J connectivity index is 2.19. The van der Waals surface area contributed by atoms with E-state index in [0.29, 0.717) is 31.3 Å². The molecule has 21 heavy (non-hydrogen) atoms. The van der Waals surface area contributed by atoms with Gasteiger partial charge < -0.3 is 10.2 Å². The zero-order valence-electron chi connectivity index (χ0n) is 13.9. The molecule has 3 rings (SSSR count). The van der Waals surface area contributed by atoms with Crippen LogP contribution in [-0.2, 0) is 4.79 Å². The molecule has 118 valence electrons. The zero-order valence-corrected chi connectivity index (χ0v) is 13.9. The number of hydrogen-bond acceptors (Lipinski definition) is 3. The number of rotatable bonds is 0. The minimum absolute atomic E-state index is 0.0440. The number of aliphatic hydroxyl groups excluding tert-OH is 1. The average molecular weight is 292 g/mol. The molecular formula is C18H28O3. The van der Waals surface area contributed by atoms with Gasteiger partial charge in [0.1, 0.15) is 0 Å². The van der Waals surface area contributed by atoms with Gasteiger partial charge in [0.2, 0.25) is 0 Å². The molecule has 0 spiro atoms. The Morgan fingerprint density at radius 1 is 0.952 bits per heavy atom. The van der Waals surface area contributed by atoms with Crippen molar-refractivity contribution in [3.8, 4) is 0 Å². The van der Waals surface area contributed by atoms with Crippen LogP contribution >= 0.6 is 0 Å². The summed E-state index contributed by atoms with van der Waals surface area (Å²) in [5.41, 5.74) is -0.177. The summed E-state index contributed by atoms with van der Waals surface area (Å²) < 4.78 is 0. The van der Waals surface area contributed by atoms with E-state index in [1.165, 1.54) is 0 Å². The summed E-state index contributed by atoms with van der Waals surface area (Å²) in [6.45, 7) is 10.5. The molecule has 0 aromatic heterocycles. The summed E-state index contributed by atoms with van der Waals surface area (Å²) in [7, 11) is 0. The fourth-order valence-electron chi connectivity index (χ4n) is 5.69. The molecule has 0 aromatic carbocycles. The van der Waals surface area contributed by atoms with Gasteiger partial charge in [0.25, 0.3) is 0 Å². The monoisotopic (exact) mass is 292 g/mol. The summed E-state index contributed by atoms with van der Waals surface area (Å²) in [5.74, 6) is 0.0440. The first-order valence-electron chi connectivity index (χ1n) is 8.05. The molecular weight excluding hydrogens is 264 g/mol. The Hall–Kier alpha value is -0.670. The van der Waals surface area contributed by atoms with Crippen molar-refractivity contribution >= 4 is 5.78 Å². The van der Waals surface area contributed by atoms with Crippen LogP contribution in [0, 0.1) is 16.2 Å². The Morgan fingerprint density at radius 3 is 2.19 bits per heavy atom. The Bertz CT molecular complexity index is 543. The molecule has 3 aliphatic carbocycles. The number of fused-ring (bicyclic) bond motifs is 3. The van der Waals surface area contributed by atoms with Gasteiger partial charge in [0.15, 0.2) is 5.78 Å². The van der Waals surface area contributed by atoms with Crippen LogP contribution in [0.5, 0.6) is 0 Å². The third-order valence-electron chi connectivity index (χ3n) is 5.71. The van der Waals surface area contributed by atoms with Crippen molar-refractivity contribution in [3.05, 3.63) is 11.1 Å². The smallest absolute Gasteiger partial charge is 0.162 e. The molecule has 0 amide bonds. The normalized spacial score (nSPS) is 44.5. The molecule has 0 radical (unpaired) electrons. The number of hydrogen-bond donors (Lipinski definition) is 2. The lowest BCUT2D eigenvalue weighted by molar-refractivity contribution is -0.140. The van der Waals surface area contributed by atoms with E-state index in [1.807, 2.05) is 0 Å². The van der Waals surface area contributed by atoms with Crippen molar-refractivity contribution in [2.45, 2.75) is 78.4 Å². The Morgan fingerprint density at radius 2 is 1.57 bits per heavy atom. The van der Waals surface area contributed by atoms with E-state index in [-0.39, 0.29) is 22.0 Å². The highest BCUT2D eigenvalue weighted by Gasteiger charge is 2.60. The van der Waals surface area contributed by atoms with Crippen LogP contribution in [0.25, 0.3) is 0 Å². The van der Waals surface area contributed by atoms with E-state index < -0.39 is 11.7 Å². The Labute approximate surface area is 127 Å². The molecule has 0 aromatic rings. The van der Waals surface area contributed by atoms with Crippen molar-refractivity contribution in [3.63, 3.8) is 0 Å². The molecule has 0 saturated heterocycles. The molecule has 2 bridgehead atoms. The second kappa shape index (κ2) is 3.99. The number of ketones is 1. The van der Waals surface area contributed by atoms with Crippen molar-refractivity contribution in [1.29, 1.82) is 0 Å². The van der Waals surface area contributed by atoms with Gasteiger partial charge in [-0.05, 0) is 42.1 Å². The van der Waals surface area contributed by atoms with E-state index in [1.54, 1.807) is 0 Å². The van der Waals surface area contributed by atoms with Crippen LogP contribution in [0.4, 0.5) is 0 Å². The van der Waals surface area contributed by atoms with Crippen LogP contribution in [0.2, 0.25) is 0 Å². The number of carbonyl (C=O) groups excluding carboxylic acids is 1. The summed E-state index contributed by atoms with van der Waals surface area (Å²) in [6, 6.07) is 0. The van der Waals surface area contributed by atoms with Gasteiger partial charge in [-0.2, -0.15) is 0 Å². The molecule has 0 aliphatic heterocycles. The van der Waals surface area contributed by atoms with Gasteiger partial charge in [0, 0.05) is 17.4 Å². The van der Waals surface area contributed by atoms with Crippen LogP contribution in [0.15, 0.2) is 11.1 Å². The largest absolute Gasteiger partial charge is 0.388 e. The average Bonchev–Trinajstić information content (AvgIpc) is 2.19.